The van der Waals surface area contributed by atoms with Gasteiger partial charge in [0.1, 0.15) is 0 Å². The van der Waals surface area contributed by atoms with Crippen LogP contribution in [0.2, 0.25) is 5.02 Å². The molecule has 1 amide bonds. The highest BCUT2D eigenvalue weighted by atomic mass is 35.5. The average molecular weight is 385 g/mol. The van der Waals surface area contributed by atoms with E-state index in [1.54, 1.807) is 6.20 Å². The van der Waals surface area contributed by atoms with Gasteiger partial charge < -0.3 is 15.0 Å². The average Bonchev–Trinajstić information content (AvgIpc) is 3.12. The number of hydrogen-bond donors (Lipinski definition) is 1. The molecule has 2 aromatic carbocycles. The highest BCUT2D eigenvalue weighted by Gasteiger charge is 2.12. The Morgan fingerprint density at radius 3 is 2.70 bits per heavy atom. The van der Waals surface area contributed by atoms with Gasteiger partial charge in [-0.15, -0.1) is 0 Å². The van der Waals surface area contributed by atoms with Gasteiger partial charge in [0.2, 0.25) is 5.91 Å². The van der Waals surface area contributed by atoms with E-state index in [1.165, 1.54) is 0 Å². The van der Waals surface area contributed by atoms with Crippen molar-refractivity contribution in [1.29, 1.82) is 0 Å². The van der Waals surface area contributed by atoms with Crippen LogP contribution in [0.15, 0.2) is 48.7 Å². The van der Waals surface area contributed by atoms with Crippen LogP contribution in [0.3, 0.4) is 0 Å². The number of aromatic nitrogens is 2. The van der Waals surface area contributed by atoms with Crippen molar-refractivity contribution in [3.8, 4) is 0 Å². The van der Waals surface area contributed by atoms with Gasteiger partial charge in [0.25, 0.3) is 0 Å². The Labute approximate surface area is 162 Å². The van der Waals surface area contributed by atoms with Crippen molar-refractivity contribution in [3.63, 3.8) is 0 Å². The number of nitrogens with one attached hydrogen (secondary N) is 1. The zero-order valence-electron chi connectivity index (χ0n) is 14.9. The van der Waals surface area contributed by atoms with Crippen LogP contribution >= 0.6 is 11.6 Å². The number of amides is 1. The first-order chi connectivity index (χ1) is 13.2. The molecule has 1 fully saturated rings. The molecule has 1 aromatic heterocycles. The minimum Gasteiger partial charge on any atom is -0.378 e. The van der Waals surface area contributed by atoms with E-state index in [2.05, 4.69) is 15.3 Å². The number of ether oxygens (including phenoxy) is 1. The first-order valence-corrected chi connectivity index (χ1v) is 9.41. The van der Waals surface area contributed by atoms with Crippen molar-refractivity contribution < 1.29 is 9.53 Å². The lowest BCUT2D eigenvalue weighted by atomic mass is 10.2. The molecule has 0 radical (unpaired) electrons. The lowest BCUT2D eigenvalue weighted by Crippen LogP contribution is -2.36. The van der Waals surface area contributed by atoms with Crippen LogP contribution in [0.25, 0.3) is 10.9 Å². The van der Waals surface area contributed by atoms with E-state index in [9.17, 15) is 4.79 Å². The molecule has 1 aliphatic rings. The minimum absolute atomic E-state index is 0.0419. The maximum absolute atomic E-state index is 12.3. The van der Waals surface area contributed by atoms with E-state index < -0.39 is 0 Å². The van der Waals surface area contributed by atoms with Crippen molar-refractivity contribution in [2.45, 2.75) is 13.0 Å². The molecular formula is C20H21ClN4O2. The maximum Gasteiger partial charge on any atom is 0.226 e. The molecule has 140 valence electrons. The molecule has 0 bridgehead atoms. The molecule has 7 heteroatoms. The van der Waals surface area contributed by atoms with Gasteiger partial charge in [0.05, 0.1) is 36.5 Å². The number of carbonyl (C=O) groups is 1. The Morgan fingerprint density at radius 2 is 1.93 bits per heavy atom. The highest BCUT2D eigenvalue weighted by Crippen LogP contribution is 2.23. The summed E-state index contributed by atoms with van der Waals surface area (Å²) in [6.45, 7) is 3.81. The number of anilines is 2. The largest absolute Gasteiger partial charge is 0.378 e. The first kappa shape index (κ1) is 17.8. The van der Waals surface area contributed by atoms with Crippen molar-refractivity contribution in [2.24, 2.45) is 0 Å². The molecule has 2 heterocycles. The van der Waals surface area contributed by atoms with Gasteiger partial charge in [0.15, 0.2) is 0 Å². The number of nitrogens with zero attached hydrogens (tertiary/aromatic N) is 3. The molecule has 0 atom stereocenters. The Balaban J connectivity index is 1.34. The molecule has 1 aliphatic heterocycles. The second-order valence-electron chi connectivity index (χ2n) is 6.48. The van der Waals surface area contributed by atoms with Gasteiger partial charge in [-0.1, -0.05) is 17.7 Å². The molecule has 1 saturated heterocycles. The molecule has 1 N–H and O–H groups in total. The molecule has 6 nitrogen and oxygen atoms in total. The molecule has 0 saturated carbocycles. The number of rotatable bonds is 5. The minimum atomic E-state index is -0.0419. The van der Waals surface area contributed by atoms with Gasteiger partial charge in [-0.2, -0.15) is 5.10 Å². The molecule has 0 aliphatic carbocycles. The fourth-order valence-electron chi connectivity index (χ4n) is 3.25. The van der Waals surface area contributed by atoms with E-state index in [-0.39, 0.29) is 5.91 Å². The standard InChI is InChI=1S/C20H21ClN4O2/c21-18-2-1-3-19-17(18)14-22-25(19)9-8-20(26)23-15-4-6-16(7-5-15)24-10-12-27-13-11-24/h1-7,14H,8-13H2,(H,23,26). The Kier molecular flexibility index (Phi) is 5.27. The van der Waals surface area contributed by atoms with E-state index in [4.69, 9.17) is 16.3 Å². The number of carbonyl (C=O) groups excluding carboxylic acids is 1. The number of benzene rings is 2. The first-order valence-electron chi connectivity index (χ1n) is 9.03. The number of hydrogen-bond acceptors (Lipinski definition) is 4. The second-order valence-corrected chi connectivity index (χ2v) is 6.89. The predicted octanol–water partition coefficient (Wildman–Crippen LogP) is 3.56. The molecule has 0 unspecified atom stereocenters. The molecule has 0 spiro atoms. The summed E-state index contributed by atoms with van der Waals surface area (Å²) < 4.78 is 7.18. The topological polar surface area (TPSA) is 59.4 Å². The number of morpholine rings is 1. The molecular weight excluding hydrogens is 364 g/mol. The van der Waals surface area contributed by atoms with Crippen LogP contribution in [0, 0.1) is 0 Å². The summed E-state index contributed by atoms with van der Waals surface area (Å²) >= 11 is 6.17. The van der Waals surface area contributed by atoms with E-state index in [0.717, 1.165) is 48.6 Å². The third-order valence-corrected chi connectivity index (χ3v) is 5.04. The van der Waals surface area contributed by atoms with Crippen molar-refractivity contribution >= 4 is 39.8 Å². The summed E-state index contributed by atoms with van der Waals surface area (Å²) in [4.78, 5) is 14.6. The molecule has 27 heavy (non-hydrogen) atoms. The van der Waals surface area contributed by atoms with E-state index in [1.807, 2.05) is 47.1 Å². The third kappa shape index (κ3) is 4.07. The monoisotopic (exact) mass is 384 g/mol. The highest BCUT2D eigenvalue weighted by molar-refractivity contribution is 6.35. The summed E-state index contributed by atoms with van der Waals surface area (Å²) in [6, 6.07) is 13.6. The zero-order valence-corrected chi connectivity index (χ0v) is 15.7. The number of halogens is 1. The van der Waals surface area contributed by atoms with Crippen LogP contribution in [0.4, 0.5) is 11.4 Å². The Hall–Kier alpha value is -2.57. The molecule has 3 aromatic rings. The SMILES string of the molecule is O=C(CCn1ncc2c(Cl)cccc21)Nc1ccc(N2CCOCC2)cc1. The third-order valence-electron chi connectivity index (χ3n) is 4.71. The van der Waals surface area contributed by atoms with E-state index in [0.29, 0.717) is 18.0 Å². The number of aryl methyl sites for hydroxylation is 1. The van der Waals surface area contributed by atoms with Gasteiger partial charge >= 0.3 is 0 Å². The molecule has 4 rings (SSSR count). The Morgan fingerprint density at radius 1 is 1.15 bits per heavy atom. The van der Waals surface area contributed by atoms with Gasteiger partial charge in [-0.3, -0.25) is 9.48 Å². The smallest absolute Gasteiger partial charge is 0.226 e. The summed E-state index contributed by atoms with van der Waals surface area (Å²) in [5.74, 6) is -0.0419. The van der Waals surface area contributed by atoms with E-state index >= 15 is 0 Å². The summed E-state index contributed by atoms with van der Waals surface area (Å²) in [7, 11) is 0. The second kappa shape index (κ2) is 7.98. The lowest BCUT2D eigenvalue weighted by molar-refractivity contribution is -0.116. The summed E-state index contributed by atoms with van der Waals surface area (Å²) in [5, 5.41) is 8.85. The van der Waals surface area contributed by atoms with Crippen LogP contribution < -0.4 is 10.2 Å². The van der Waals surface area contributed by atoms with Gasteiger partial charge in [-0.05, 0) is 36.4 Å². The quantitative estimate of drug-likeness (QED) is 0.730. The normalized spacial score (nSPS) is 14.5. The fourth-order valence-corrected chi connectivity index (χ4v) is 3.47. The van der Waals surface area contributed by atoms with Crippen LogP contribution in [0.5, 0.6) is 0 Å². The van der Waals surface area contributed by atoms with Gasteiger partial charge in [-0.25, -0.2) is 0 Å². The maximum atomic E-state index is 12.3. The zero-order chi connectivity index (χ0) is 18.6. The summed E-state index contributed by atoms with van der Waals surface area (Å²) in [5.41, 5.74) is 2.88. The lowest BCUT2D eigenvalue weighted by Gasteiger charge is -2.28. The summed E-state index contributed by atoms with van der Waals surface area (Å²) in [6.07, 6.45) is 2.08. The van der Waals surface area contributed by atoms with Gasteiger partial charge in [0, 0.05) is 36.3 Å². The van der Waals surface area contributed by atoms with Crippen molar-refractivity contribution in [1.82, 2.24) is 9.78 Å². The van der Waals surface area contributed by atoms with Crippen LogP contribution in [0.1, 0.15) is 6.42 Å². The van der Waals surface area contributed by atoms with Crippen LogP contribution in [-0.2, 0) is 16.1 Å². The van der Waals surface area contributed by atoms with Crippen molar-refractivity contribution in [2.75, 3.05) is 36.5 Å². The number of fused-ring (bicyclic) bond motifs is 1. The Bertz CT molecular complexity index is 933. The van der Waals surface area contributed by atoms with Crippen molar-refractivity contribution in [3.05, 3.63) is 53.7 Å². The fraction of sp³-hybridized carbons (Fsp3) is 0.300. The van der Waals surface area contributed by atoms with Crippen LogP contribution in [-0.4, -0.2) is 42.0 Å². The predicted molar refractivity (Wildman–Crippen MR) is 107 cm³/mol.